The van der Waals surface area contributed by atoms with Crippen LogP contribution in [0.5, 0.6) is 0 Å². The van der Waals surface area contributed by atoms with Crippen LogP contribution < -0.4 is 15.5 Å². The highest BCUT2D eigenvalue weighted by molar-refractivity contribution is 6.32. The molecule has 0 bridgehead atoms. The fourth-order valence-corrected chi connectivity index (χ4v) is 3.72. The van der Waals surface area contributed by atoms with Gasteiger partial charge in [-0.3, -0.25) is 9.59 Å². The average Bonchev–Trinajstić information content (AvgIpc) is 3.06. The minimum absolute atomic E-state index is 0.0212. The van der Waals surface area contributed by atoms with E-state index in [1.807, 2.05) is 42.5 Å². The predicted molar refractivity (Wildman–Crippen MR) is 103 cm³/mol. The lowest BCUT2D eigenvalue weighted by atomic mass is 10.1. The highest BCUT2D eigenvalue weighted by atomic mass is 35.5. The van der Waals surface area contributed by atoms with Crippen LogP contribution in [-0.2, 0) is 9.59 Å². The van der Waals surface area contributed by atoms with E-state index in [4.69, 9.17) is 11.6 Å². The fourth-order valence-electron chi connectivity index (χ4n) is 3.53. The molecule has 0 aromatic heterocycles. The van der Waals surface area contributed by atoms with E-state index < -0.39 is 0 Å². The van der Waals surface area contributed by atoms with Gasteiger partial charge in [0, 0.05) is 23.7 Å². The fraction of sp³-hybridized carbons (Fsp3) is 0.200. The quantitative estimate of drug-likeness (QED) is 0.819. The monoisotopic (exact) mass is 367 g/mol. The summed E-state index contributed by atoms with van der Waals surface area (Å²) in [4.78, 5) is 26.6. The summed E-state index contributed by atoms with van der Waals surface area (Å²) in [5, 5.41) is 6.52. The van der Waals surface area contributed by atoms with Crippen LogP contribution in [0, 0.1) is 0 Å². The van der Waals surface area contributed by atoms with Crippen molar-refractivity contribution in [1.29, 1.82) is 0 Å². The van der Waals surface area contributed by atoms with E-state index in [0.29, 0.717) is 18.0 Å². The number of anilines is 2. The molecule has 132 valence electrons. The molecule has 2 N–H and O–H groups in total. The Labute approximate surface area is 156 Å². The minimum Gasteiger partial charge on any atom is -0.356 e. The molecular weight excluding hydrogens is 350 g/mol. The molecule has 1 saturated heterocycles. The topological polar surface area (TPSA) is 61.4 Å². The second kappa shape index (κ2) is 6.84. The Bertz CT molecular complexity index is 896. The summed E-state index contributed by atoms with van der Waals surface area (Å²) in [5.41, 5.74) is 2.61. The molecule has 2 aromatic rings. The molecule has 2 atom stereocenters. The lowest BCUT2D eigenvalue weighted by molar-refractivity contribution is -0.118. The van der Waals surface area contributed by atoms with E-state index in [0.717, 1.165) is 16.9 Å². The van der Waals surface area contributed by atoms with Crippen molar-refractivity contribution in [3.63, 3.8) is 0 Å². The van der Waals surface area contributed by atoms with Gasteiger partial charge in [0.2, 0.25) is 11.8 Å². The molecule has 2 aromatic carbocycles. The van der Waals surface area contributed by atoms with Crippen LogP contribution in [-0.4, -0.2) is 30.4 Å². The maximum atomic E-state index is 12.3. The Balaban J connectivity index is 1.44. The molecule has 2 aliphatic rings. The van der Waals surface area contributed by atoms with Gasteiger partial charge in [0.15, 0.2) is 0 Å². The maximum Gasteiger partial charge on any atom is 0.247 e. The van der Waals surface area contributed by atoms with Gasteiger partial charge in [-0.15, -0.1) is 0 Å². The largest absolute Gasteiger partial charge is 0.356 e. The van der Waals surface area contributed by atoms with Crippen LogP contribution in [0.2, 0.25) is 5.02 Å². The number of fused-ring (bicyclic) bond motifs is 3. The normalized spacial score (nSPS) is 21.3. The number of para-hydroxylation sites is 2. The van der Waals surface area contributed by atoms with Crippen molar-refractivity contribution in [1.82, 2.24) is 5.32 Å². The van der Waals surface area contributed by atoms with Gasteiger partial charge in [0.1, 0.15) is 6.04 Å². The van der Waals surface area contributed by atoms with Crippen LogP contribution in [0.4, 0.5) is 11.4 Å². The number of nitrogens with zero attached hydrogens (tertiary/aromatic N) is 1. The SMILES string of the molecule is O=C(/C=C/c1ccccc1Cl)NC1CC2C(=O)Nc3ccccc3N2C1. The van der Waals surface area contributed by atoms with Gasteiger partial charge in [-0.2, -0.15) is 0 Å². The van der Waals surface area contributed by atoms with E-state index in [1.54, 1.807) is 12.1 Å². The molecular formula is C20H18ClN3O2. The summed E-state index contributed by atoms with van der Waals surface area (Å²) in [5.74, 6) is -0.212. The molecule has 0 spiro atoms. The molecule has 6 heteroatoms. The summed E-state index contributed by atoms with van der Waals surface area (Å²) in [6, 6.07) is 14.7. The number of carbonyl (C=O) groups is 2. The van der Waals surface area contributed by atoms with Crippen molar-refractivity contribution in [2.24, 2.45) is 0 Å². The van der Waals surface area contributed by atoms with Crippen molar-refractivity contribution >= 4 is 40.9 Å². The van der Waals surface area contributed by atoms with Crippen molar-refractivity contribution in [3.05, 3.63) is 65.2 Å². The zero-order valence-electron chi connectivity index (χ0n) is 14.0. The van der Waals surface area contributed by atoms with Crippen molar-refractivity contribution in [2.75, 3.05) is 16.8 Å². The number of hydrogen-bond acceptors (Lipinski definition) is 3. The first kappa shape index (κ1) is 16.7. The van der Waals surface area contributed by atoms with E-state index in [9.17, 15) is 9.59 Å². The Kier molecular flexibility index (Phi) is 4.39. The van der Waals surface area contributed by atoms with Gasteiger partial charge in [0.05, 0.1) is 11.4 Å². The number of benzene rings is 2. The lowest BCUT2D eigenvalue weighted by Gasteiger charge is -2.32. The molecule has 4 rings (SSSR count). The van der Waals surface area contributed by atoms with Crippen molar-refractivity contribution in [2.45, 2.75) is 18.5 Å². The number of hydrogen-bond donors (Lipinski definition) is 2. The number of amides is 2. The van der Waals surface area contributed by atoms with E-state index in [2.05, 4.69) is 15.5 Å². The summed E-state index contributed by atoms with van der Waals surface area (Å²) in [6.07, 6.45) is 3.76. The molecule has 0 saturated carbocycles. The molecule has 2 aliphatic heterocycles. The Hall–Kier alpha value is -2.79. The smallest absolute Gasteiger partial charge is 0.247 e. The van der Waals surface area contributed by atoms with Crippen LogP contribution in [0.25, 0.3) is 6.08 Å². The lowest BCUT2D eigenvalue weighted by Crippen LogP contribution is -2.43. The van der Waals surface area contributed by atoms with Crippen LogP contribution in [0.15, 0.2) is 54.6 Å². The van der Waals surface area contributed by atoms with Gasteiger partial charge < -0.3 is 15.5 Å². The first-order chi connectivity index (χ1) is 12.6. The second-order valence-electron chi connectivity index (χ2n) is 6.47. The third-order valence-corrected chi connectivity index (χ3v) is 5.09. The van der Waals surface area contributed by atoms with Gasteiger partial charge in [0.25, 0.3) is 0 Å². The Morgan fingerprint density at radius 2 is 1.96 bits per heavy atom. The maximum absolute atomic E-state index is 12.3. The summed E-state index contributed by atoms with van der Waals surface area (Å²) in [7, 11) is 0. The van der Waals surface area contributed by atoms with Crippen LogP contribution in [0.1, 0.15) is 12.0 Å². The van der Waals surface area contributed by atoms with E-state index >= 15 is 0 Å². The van der Waals surface area contributed by atoms with Gasteiger partial charge in [-0.25, -0.2) is 0 Å². The zero-order valence-corrected chi connectivity index (χ0v) is 14.7. The molecule has 5 nitrogen and oxygen atoms in total. The number of nitrogens with one attached hydrogen (secondary N) is 2. The van der Waals surface area contributed by atoms with Crippen molar-refractivity contribution < 1.29 is 9.59 Å². The minimum atomic E-state index is -0.247. The van der Waals surface area contributed by atoms with Gasteiger partial charge in [-0.1, -0.05) is 41.9 Å². The highest BCUT2D eigenvalue weighted by Gasteiger charge is 2.41. The number of carbonyl (C=O) groups excluding carboxylic acids is 2. The van der Waals surface area contributed by atoms with Crippen LogP contribution in [0.3, 0.4) is 0 Å². The van der Waals surface area contributed by atoms with E-state index in [-0.39, 0.29) is 23.9 Å². The molecule has 2 heterocycles. The van der Waals surface area contributed by atoms with E-state index in [1.165, 1.54) is 6.08 Å². The standard InChI is InChI=1S/C20H18ClN3O2/c21-15-6-2-1-5-13(15)9-10-19(25)22-14-11-18-20(26)23-16-7-3-4-8-17(16)24(18)12-14/h1-10,14,18H,11-12H2,(H,22,25)(H,23,26)/b10-9+. The summed E-state index contributed by atoms with van der Waals surface area (Å²) >= 11 is 6.09. The average molecular weight is 368 g/mol. The predicted octanol–water partition coefficient (Wildman–Crippen LogP) is 3.07. The zero-order chi connectivity index (χ0) is 18.1. The van der Waals surface area contributed by atoms with Crippen molar-refractivity contribution in [3.8, 4) is 0 Å². The van der Waals surface area contributed by atoms with Gasteiger partial charge in [-0.05, 0) is 36.3 Å². The number of rotatable bonds is 3. The van der Waals surface area contributed by atoms with Crippen LogP contribution >= 0.6 is 11.6 Å². The second-order valence-corrected chi connectivity index (χ2v) is 6.88. The summed E-state index contributed by atoms with van der Waals surface area (Å²) < 4.78 is 0. The molecule has 0 radical (unpaired) electrons. The molecule has 26 heavy (non-hydrogen) atoms. The number of halogens is 1. The van der Waals surface area contributed by atoms with Gasteiger partial charge >= 0.3 is 0 Å². The molecule has 1 fully saturated rings. The third kappa shape index (κ3) is 3.18. The Morgan fingerprint density at radius 3 is 2.81 bits per heavy atom. The highest BCUT2D eigenvalue weighted by Crippen LogP contribution is 2.36. The molecule has 2 unspecified atom stereocenters. The first-order valence-electron chi connectivity index (χ1n) is 8.51. The molecule has 2 amide bonds. The third-order valence-electron chi connectivity index (χ3n) is 4.74. The molecule has 0 aliphatic carbocycles. The Morgan fingerprint density at radius 1 is 1.19 bits per heavy atom. The summed E-state index contributed by atoms with van der Waals surface area (Å²) in [6.45, 7) is 0.612. The first-order valence-corrected chi connectivity index (χ1v) is 8.89.